The average molecular weight is 472 g/mol. The molecule has 8 nitrogen and oxygen atoms in total. The minimum Gasteiger partial charge on any atom is -0.503 e. The van der Waals surface area contributed by atoms with E-state index >= 15 is 0 Å². The predicted octanol–water partition coefficient (Wildman–Crippen LogP) is 2.77. The average Bonchev–Trinajstić information content (AvgIpc) is 3.26. The van der Waals surface area contributed by atoms with Crippen LogP contribution in [0.4, 0.5) is 0 Å². The van der Waals surface area contributed by atoms with Crippen LogP contribution in [0.2, 0.25) is 0 Å². The highest BCUT2D eigenvalue weighted by Gasteiger charge is 2.24. The van der Waals surface area contributed by atoms with Gasteiger partial charge in [-0.05, 0) is 35.6 Å². The highest BCUT2D eigenvalue weighted by atomic mass is 16.3. The van der Waals surface area contributed by atoms with E-state index in [2.05, 4.69) is 5.43 Å². The number of rotatable bonds is 8. The Morgan fingerprint density at radius 1 is 0.943 bits per heavy atom. The van der Waals surface area contributed by atoms with Gasteiger partial charge in [-0.3, -0.25) is 29.6 Å². The lowest BCUT2D eigenvalue weighted by atomic mass is 10.0. The van der Waals surface area contributed by atoms with Gasteiger partial charge in [0.15, 0.2) is 11.5 Å². The second kappa shape index (κ2) is 10.6. The number of aromatic nitrogens is 1. The summed E-state index contributed by atoms with van der Waals surface area (Å²) in [6, 6.07) is 20.5. The van der Waals surface area contributed by atoms with Crippen molar-refractivity contribution in [2.75, 3.05) is 6.54 Å². The van der Waals surface area contributed by atoms with Crippen LogP contribution in [-0.4, -0.2) is 38.8 Å². The second-order valence-electron chi connectivity index (χ2n) is 8.33. The molecule has 1 aliphatic rings. The molecule has 1 aliphatic heterocycles. The van der Waals surface area contributed by atoms with E-state index in [1.54, 1.807) is 6.20 Å². The van der Waals surface area contributed by atoms with Crippen molar-refractivity contribution in [3.63, 3.8) is 0 Å². The maximum atomic E-state index is 13.2. The van der Waals surface area contributed by atoms with Crippen LogP contribution in [0.15, 0.2) is 89.6 Å². The number of benzene rings is 2. The monoisotopic (exact) mass is 471 g/mol. The van der Waals surface area contributed by atoms with E-state index in [0.29, 0.717) is 31.9 Å². The summed E-state index contributed by atoms with van der Waals surface area (Å²) in [5.74, 6) is -2.93. The topological polar surface area (TPSA) is 109 Å². The van der Waals surface area contributed by atoms with Crippen molar-refractivity contribution < 1.29 is 19.5 Å². The third-order valence-corrected chi connectivity index (χ3v) is 5.67. The van der Waals surface area contributed by atoms with Crippen LogP contribution in [0, 0.1) is 0 Å². The number of aliphatic hydroxyl groups is 1. The lowest BCUT2D eigenvalue weighted by molar-refractivity contribution is -0.137. The summed E-state index contributed by atoms with van der Waals surface area (Å²) in [6.07, 6.45) is 3.82. The lowest BCUT2D eigenvalue weighted by Gasteiger charge is -2.16. The highest BCUT2D eigenvalue weighted by Crippen LogP contribution is 2.13. The van der Waals surface area contributed by atoms with Crippen molar-refractivity contribution in [2.24, 2.45) is 0 Å². The Balaban J connectivity index is 1.64. The maximum Gasteiger partial charge on any atom is 0.304 e. The van der Waals surface area contributed by atoms with Gasteiger partial charge in [-0.1, -0.05) is 60.7 Å². The lowest BCUT2D eigenvalue weighted by Crippen LogP contribution is -2.43. The zero-order valence-corrected chi connectivity index (χ0v) is 19.0. The smallest absolute Gasteiger partial charge is 0.304 e. The van der Waals surface area contributed by atoms with Crippen molar-refractivity contribution in [2.45, 2.75) is 25.8 Å². The highest BCUT2D eigenvalue weighted by molar-refractivity contribution is 6.08. The van der Waals surface area contributed by atoms with Crippen molar-refractivity contribution in [3.05, 3.63) is 117 Å². The molecule has 2 amide bonds. The number of allylic oxidation sites excluding steroid dienone is 1. The first-order valence-corrected chi connectivity index (χ1v) is 11.3. The van der Waals surface area contributed by atoms with E-state index < -0.39 is 23.0 Å². The fourth-order valence-electron chi connectivity index (χ4n) is 3.91. The molecule has 2 N–H and O–H groups in total. The van der Waals surface area contributed by atoms with Gasteiger partial charge in [-0.25, -0.2) is 0 Å². The molecule has 1 aromatic heterocycles. The summed E-state index contributed by atoms with van der Waals surface area (Å²) in [5.41, 5.74) is 4.21. The molecule has 1 saturated heterocycles. The molecule has 0 unspecified atom stereocenters. The zero-order chi connectivity index (χ0) is 24.8. The normalized spacial score (nSPS) is 13.7. The Morgan fingerprint density at radius 3 is 2.23 bits per heavy atom. The van der Waals surface area contributed by atoms with Gasteiger partial charge in [0.25, 0.3) is 5.56 Å². The molecule has 2 aromatic carbocycles. The van der Waals surface area contributed by atoms with Crippen LogP contribution < -0.4 is 11.0 Å². The van der Waals surface area contributed by atoms with Crippen LogP contribution in [0.3, 0.4) is 0 Å². The van der Waals surface area contributed by atoms with Gasteiger partial charge in [0.1, 0.15) is 0 Å². The van der Waals surface area contributed by atoms with Crippen LogP contribution in [0.25, 0.3) is 0 Å². The standard InChI is InChI=1S/C27H25N3O5/c31-23(16-24(32)26(34)28-30-13-7-12-25(30)33)22-15-21(14-19-8-3-1-4-9-19)18-29(27(22)35)17-20-10-5-2-6-11-20/h1-6,8-11,15-16,18,32H,7,12-14,17H2,(H,28,34)/b24-16-. The van der Waals surface area contributed by atoms with E-state index in [-0.39, 0.29) is 18.0 Å². The van der Waals surface area contributed by atoms with Gasteiger partial charge in [-0.15, -0.1) is 0 Å². The Bertz CT molecular complexity index is 1330. The third-order valence-electron chi connectivity index (χ3n) is 5.67. The number of amides is 2. The molecule has 0 spiro atoms. The van der Waals surface area contributed by atoms with Crippen molar-refractivity contribution in [1.82, 2.24) is 15.0 Å². The number of hydrazine groups is 1. The Hall–Kier alpha value is -4.46. The molecule has 2 heterocycles. The summed E-state index contributed by atoms with van der Waals surface area (Å²) in [4.78, 5) is 50.1. The number of hydrogen-bond acceptors (Lipinski definition) is 5. The van der Waals surface area contributed by atoms with E-state index in [1.165, 1.54) is 10.6 Å². The molecule has 4 rings (SSSR count). The fraction of sp³-hybridized carbons (Fsp3) is 0.185. The molecule has 3 aromatic rings. The van der Waals surface area contributed by atoms with Gasteiger partial charge in [0.05, 0.1) is 12.1 Å². The molecule has 0 bridgehead atoms. The van der Waals surface area contributed by atoms with E-state index in [4.69, 9.17) is 0 Å². The van der Waals surface area contributed by atoms with Crippen LogP contribution in [0.1, 0.15) is 39.9 Å². The summed E-state index contributed by atoms with van der Waals surface area (Å²) in [6.45, 7) is 0.591. The number of ketones is 1. The summed E-state index contributed by atoms with van der Waals surface area (Å²) < 4.78 is 1.45. The summed E-state index contributed by atoms with van der Waals surface area (Å²) in [5, 5.41) is 11.3. The van der Waals surface area contributed by atoms with Gasteiger partial charge >= 0.3 is 5.91 Å². The van der Waals surface area contributed by atoms with Gasteiger partial charge in [0.2, 0.25) is 5.91 Å². The Kier molecular flexibility index (Phi) is 7.21. The quantitative estimate of drug-likeness (QED) is 0.298. The molecule has 0 aliphatic carbocycles. The SMILES string of the molecule is O=C(NN1CCCC1=O)/C(O)=C/C(=O)c1cc(Cc2ccccc2)cn(Cc2ccccc2)c1=O. The number of pyridine rings is 1. The largest absolute Gasteiger partial charge is 0.503 e. The number of aliphatic hydroxyl groups excluding tert-OH is 1. The van der Waals surface area contributed by atoms with Crippen LogP contribution in [0.5, 0.6) is 0 Å². The first kappa shape index (κ1) is 23.7. The first-order chi connectivity index (χ1) is 16.9. The fourth-order valence-corrected chi connectivity index (χ4v) is 3.91. The number of hydrogen-bond donors (Lipinski definition) is 2. The number of nitrogens with one attached hydrogen (secondary N) is 1. The van der Waals surface area contributed by atoms with Gasteiger partial charge in [0, 0.05) is 25.2 Å². The molecule has 0 saturated carbocycles. The minimum atomic E-state index is -0.987. The molecule has 0 atom stereocenters. The molecular weight excluding hydrogens is 446 g/mol. The van der Waals surface area contributed by atoms with Gasteiger partial charge < -0.3 is 9.67 Å². The van der Waals surface area contributed by atoms with Crippen LogP contribution in [-0.2, 0) is 22.6 Å². The summed E-state index contributed by atoms with van der Waals surface area (Å²) in [7, 11) is 0. The predicted molar refractivity (Wildman–Crippen MR) is 130 cm³/mol. The maximum absolute atomic E-state index is 13.2. The zero-order valence-electron chi connectivity index (χ0n) is 19.0. The van der Waals surface area contributed by atoms with E-state index in [1.807, 2.05) is 60.7 Å². The number of carbonyl (C=O) groups excluding carboxylic acids is 3. The van der Waals surface area contributed by atoms with Crippen molar-refractivity contribution >= 4 is 17.6 Å². The molecule has 35 heavy (non-hydrogen) atoms. The van der Waals surface area contributed by atoms with Gasteiger partial charge in [-0.2, -0.15) is 0 Å². The molecule has 8 heteroatoms. The van der Waals surface area contributed by atoms with E-state index in [0.717, 1.165) is 21.7 Å². The van der Waals surface area contributed by atoms with Crippen molar-refractivity contribution in [1.29, 1.82) is 0 Å². The first-order valence-electron chi connectivity index (χ1n) is 11.3. The molecule has 1 fully saturated rings. The third kappa shape index (κ3) is 5.92. The molecular formula is C27H25N3O5. The molecule has 178 valence electrons. The summed E-state index contributed by atoms with van der Waals surface area (Å²) >= 11 is 0. The van der Waals surface area contributed by atoms with Crippen LogP contribution >= 0.6 is 0 Å². The second-order valence-corrected chi connectivity index (χ2v) is 8.33. The Labute approximate surface area is 202 Å². The molecule has 0 radical (unpaired) electrons. The number of nitrogens with zero attached hydrogens (tertiary/aromatic N) is 2. The van der Waals surface area contributed by atoms with Crippen molar-refractivity contribution in [3.8, 4) is 0 Å². The number of carbonyl (C=O) groups is 3. The van der Waals surface area contributed by atoms with E-state index in [9.17, 15) is 24.3 Å². The minimum absolute atomic E-state index is 0.161. The Morgan fingerprint density at radius 2 is 1.60 bits per heavy atom.